The Hall–Kier alpha value is -1.51. The summed E-state index contributed by atoms with van der Waals surface area (Å²) >= 11 is 0. The molecule has 3 nitrogen and oxygen atoms in total. The molecule has 0 radical (unpaired) electrons. The topological polar surface area (TPSA) is 56.0 Å². The van der Waals surface area contributed by atoms with Gasteiger partial charge in [0.05, 0.1) is 17.7 Å². The Bertz CT molecular complexity index is 490. The minimum absolute atomic E-state index is 0.0190. The van der Waals surface area contributed by atoms with Gasteiger partial charge in [0, 0.05) is 18.2 Å². The van der Waals surface area contributed by atoms with Crippen molar-refractivity contribution < 1.29 is 13.9 Å². The van der Waals surface area contributed by atoms with Crippen LogP contribution in [-0.4, -0.2) is 17.3 Å². The van der Waals surface area contributed by atoms with Gasteiger partial charge in [-0.15, -0.1) is 0 Å². The number of nitrogens with zero attached hydrogens (tertiary/aromatic N) is 1. The van der Waals surface area contributed by atoms with Gasteiger partial charge in [0.2, 0.25) is 0 Å². The van der Waals surface area contributed by atoms with Gasteiger partial charge in [0.15, 0.2) is 0 Å². The van der Waals surface area contributed by atoms with Gasteiger partial charge < -0.3 is 10.4 Å². The van der Waals surface area contributed by atoms with Crippen LogP contribution in [0.3, 0.4) is 0 Å². The largest absolute Gasteiger partial charge is 0.392 e. The molecule has 0 spiro atoms. The fourth-order valence-electron chi connectivity index (χ4n) is 2.60. The molecule has 2 N–H and O–H groups in total. The van der Waals surface area contributed by atoms with Crippen LogP contribution in [0.5, 0.6) is 0 Å². The second-order valence-corrected chi connectivity index (χ2v) is 5.22. The molecular formula is C15H18F2N2O. The normalized spacial score (nSPS) is 23.1. The number of benzene rings is 1. The molecule has 20 heavy (non-hydrogen) atoms. The van der Waals surface area contributed by atoms with Crippen molar-refractivity contribution in [2.45, 2.75) is 50.8 Å². The van der Waals surface area contributed by atoms with Crippen LogP contribution in [0, 0.1) is 23.0 Å². The third-order valence-electron chi connectivity index (χ3n) is 3.79. The van der Waals surface area contributed by atoms with E-state index in [1.54, 1.807) is 6.07 Å². The molecule has 5 heteroatoms. The number of aliphatic hydroxyl groups is 1. The van der Waals surface area contributed by atoms with Crippen LogP contribution >= 0.6 is 0 Å². The van der Waals surface area contributed by atoms with Crippen LogP contribution in [0.2, 0.25) is 0 Å². The third kappa shape index (κ3) is 3.53. The van der Waals surface area contributed by atoms with Crippen LogP contribution in [0.1, 0.15) is 43.2 Å². The smallest absolute Gasteiger partial charge is 0.131 e. The van der Waals surface area contributed by atoms with Gasteiger partial charge >= 0.3 is 0 Å². The van der Waals surface area contributed by atoms with Crippen LogP contribution in [0.4, 0.5) is 8.78 Å². The first kappa shape index (κ1) is 14.9. The van der Waals surface area contributed by atoms with Crippen LogP contribution in [0.15, 0.2) is 12.1 Å². The lowest BCUT2D eigenvalue weighted by Gasteiger charge is -2.22. The number of nitriles is 1. The zero-order chi connectivity index (χ0) is 14.5. The van der Waals surface area contributed by atoms with E-state index in [1.807, 2.05) is 0 Å². The average Bonchev–Trinajstić information content (AvgIpc) is 2.62. The van der Waals surface area contributed by atoms with Crippen LogP contribution in [0.25, 0.3) is 0 Å². The number of hydrogen-bond donors (Lipinski definition) is 2. The maximum atomic E-state index is 13.7. The third-order valence-corrected chi connectivity index (χ3v) is 3.79. The van der Waals surface area contributed by atoms with E-state index in [0.717, 1.165) is 44.2 Å². The van der Waals surface area contributed by atoms with E-state index in [9.17, 15) is 13.9 Å². The standard InChI is InChI=1S/C15H18F2N2O/c16-12-6-10(8-18)7-13(17)11(12)9-19-14-4-2-1-3-5-15(14)20/h6-7,14-15,19-20H,1-5,9H2. The Morgan fingerprint density at radius 1 is 1.20 bits per heavy atom. The quantitative estimate of drug-likeness (QED) is 0.837. The fraction of sp³-hybridized carbons (Fsp3) is 0.533. The van der Waals surface area contributed by atoms with Gasteiger partial charge in [0.25, 0.3) is 0 Å². The summed E-state index contributed by atoms with van der Waals surface area (Å²) < 4.78 is 27.5. The fourth-order valence-corrected chi connectivity index (χ4v) is 2.60. The Kier molecular flexibility index (Phi) is 5.05. The Morgan fingerprint density at radius 3 is 2.50 bits per heavy atom. The van der Waals surface area contributed by atoms with E-state index in [4.69, 9.17) is 5.26 Å². The van der Waals surface area contributed by atoms with Crippen molar-refractivity contribution in [3.63, 3.8) is 0 Å². The molecule has 1 aromatic carbocycles. The minimum Gasteiger partial charge on any atom is -0.392 e. The number of hydrogen-bond acceptors (Lipinski definition) is 3. The van der Waals surface area contributed by atoms with E-state index in [0.29, 0.717) is 0 Å². The summed E-state index contributed by atoms with van der Waals surface area (Å²) in [5, 5.41) is 21.6. The molecule has 0 aromatic heterocycles. The van der Waals surface area contributed by atoms with Gasteiger partial charge in [-0.2, -0.15) is 5.26 Å². The number of halogens is 2. The molecule has 0 heterocycles. The second-order valence-electron chi connectivity index (χ2n) is 5.22. The Labute approximate surface area is 117 Å². The predicted octanol–water partition coefficient (Wildman–Crippen LogP) is 2.62. The highest BCUT2D eigenvalue weighted by molar-refractivity contribution is 5.34. The van der Waals surface area contributed by atoms with Crippen molar-refractivity contribution in [1.82, 2.24) is 5.32 Å². The zero-order valence-corrected chi connectivity index (χ0v) is 11.2. The summed E-state index contributed by atoms with van der Waals surface area (Å²) in [7, 11) is 0. The molecule has 0 saturated heterocycles. The highest BCUT2D eigenvalue weighted by Crippen LogP contribution is 2.20. The van der Waals surface area contributed by atoms with Gasteiger partial charge in [0.1, 0.15) is 11.6 Å². The Morgan fingerprint density at radius 2 is 1.85 bits per heavy atom. The van der Waals surface area contributed by atoms with E-state index in [1.165, 1.54) is 0 Å². The summed E-state index contributed by atoms with van der Waals surface area (Å²) in [4.78, 5) is 0. The monoisotopic (exact) mass is 280 g/mol. The lowest BCUT2D eigenvalue weighted by atomic mass is 10.0. The molecule has 108 valence electrons. The van der Waals surface area contributed by atoms with E-state index < -0.39 is 17.7 Å². The van der Waals surface area contributed by atoms with Gasteiger partial charge in [-0.3, -0.25) is 0 Å². The second kappa shape index (κ2) is 6.78. The molecule has 1 saturated carbocycles. The van der Waals surface area contributed by atoms with Crippen molar-refractivity contribution in [2.24, 2.45) is 0 Å². The molecule has 0 bridgehead atoms. The molecule has 2 atom stereocenters. The highest BCUT2D eigenvalue weighted by atomic mass is 19.1. The summed E-state index contributed by atoms with van der Waals surface area (Å²) in [5.41, 5.74) is -0.112. The van der Waals surface area contributed by atoms with Crippen molar-refractivity contribution in [3.05, 3.63) is 34.9 Å². The van der Waals surface area contributed by atoms with Gasteiger partial charge in [-0.1, -0.05) is 19.3 Å². The first-order valence-electron chi connectivity index (χ1n) is 6.91. The van der Waals surface area contributed by atoms with E-state index >= 15 is 0 Å². The number of nitrogens with one attached hydrogen (secondary N) is 1. The van der Waals surface area contributed by atoms with Crippen molar-refractivity contribution in [3.8, 4) is 6.07 Å². The van der Waals surface area contributed by atoms with Crippen LogP contribution in [-0.2, 0) is 6.54 Å². The molecule has 2 rings (SSSR count). The first-order valence-corrected chi connectivity index (χ1v) is 6.91. The van der Waals surface area contributed by atoms with Gasteiger partial charge in [-0.25, -0.2) is 8.78 Å². The SMILES string of the molecule is N#Cc1cc(F)c(CNC2CCCCCC2O)c(F)c1. The van der Waals surface area contributed by atoms with E-state index in [-0.39, 0.29) is 23.7 Å². The molecule has 1 aliphatic carbocycles. The molecular weight excluding hydrogens is 262 g/mol. The Balaban J connectivity index is 2.05. The van der Waals surface area contributed by atoms with E-state index in [2.05, 4.69) is 5.32 Å². The predicted molar refractivity (Wildman–Crippen MR) is 70.8 cm³/mol. The number of aliphatic hydroxyl groups excluding tert-OH is 1. The van der Waals surface area contributed by atoms with Crippen molar-refractivity contribution >= 4 is 0 Å². The molecule has 0 amide bonds. The molecule has 1 fully saturated rings. The maximum absolute atomic E-state index is 13.7. The maximum Gasteiger partial charge on any atom is 0.131 e. The lowest BCUT2D eigenvalue weighted by molar-refractivity contribution is 0.119. The first-order chi connectivity index (χ1) is 9.61. The average molecular weight is 280 g/mol. The molecule has 1 aliphatic rings. The minimum atomic E-state index is -0.725. The zero-order valence-electron chi connectivity index (χ0n) is 11.2. The number of rotatable bonds is 3. The van der Waals surface area contributed by atoms with Crippen molar-refractivity contribution in [1.29, 1.82) is 5.26 Å². The summed E-state index contributed by atoms with van der Waals surface area (Å²) in [6, 6.07) is 3.65. The van der Waals surface area contributed by atoms with Crippen molar-refractivity contribution in [2.75, 3.05) is 0 Å². The van der Waals surface area contributed by atoms with Gasteiger partial charge in [-0.05, 0) is 25.0 Å². The summed E-state index contributed by atoms with van der Waals surface area (Å²) in [6.07, 6.45) is 4.12. The summed E-state index contributed by atoms with van der Waals surface area (Å²) in [6.45, 7) is 0.0190. The molecule has 2 unspecified atom stereocenters. The molecule has 1 aromatic rings. The molecule has 0 aliphatic heterocycles. The summed E-state index contributed by atoms with van der Waals surface area (Å²) in [5.74, 6) is -1.45. The lowest BCUT2D eigenvalue weighted by Crippen LogP contribution is -2.39. The van der Waals surface area contributed by atoms with Crippen LogP contribution < -0.4 is 5.32 Å². The highest BCUT2D eigenvalue weighted by Gasteiger charge is 2.22.